The van der Waals surface area contributed by atoms with Crippen LogP contribution in [0.2, 0.25) is 0 Å². The standard InChI is InChI=1S/C9H12BFO3/c1-3-14-9-6(2)8(11)5-4-7(9)10(12)13/h4-5,12-13H,3H2,1-2H3. The van der Waals surface area contributed by atoms with Crippen molar-refractivity contribution in [2.45, 2.75) is 13.8 Å². The van der Waals surface area contributed by atoms with Gasteiger partial charge in [0, 0.05) is 11.0 Å². The zero-order valence-electron chi connectivity index (χ0n) is 8.12. The Morgan fingerprint density at radius 1 is 1.43 bits per heavy atom. The van der Waals surface area contributed by atoms with Crippen molar-refractivity contribution >= 4 is 12.6 Å². The lowest BCUT2D eigenvalue weighted by Crippen LogP contribution is -2.32. The summed E-state index contributed by atoms with van der Waals surface area (Å²) in [5, 5.41) is 18.0. The summed E-state index contributed by atoms with van der Waals surface area (Å²) in [6.45, 7) is 3.63. The molecule has 0 radical (unpaired) electrons. The largest absolute Gasteiger partial charge is 0.494 e. The molecule has 0 aliphatic heterocycles. The van der Waals surface area contributed by atoms with Crippen molar-refractivity contribution in [2.75, 3.05) is 6.61 Å². The average Bonchev–Trinajstić information content (AvgIpc) is 2.13. The van der Waals surface area contributed by atoms with E-state index in [1.54, 1.807) is 6.92 Å². The summed E-state index contributed by atoms with van der Waals surface area (Å²) >= 11 is 0. The number of rotatable bonds is 3. The van der Waals surface area contributed by atoms with Crippen molar-refractivity contribution < 1.29 is 19.2 Å². The van der Waals surface area contributed by atoms with E-state index in [1.807, 2.05) is 0 Å². The van der Waals surface area contributed by atoms with E-state index >= 15 is 0 Å². The predicted molar refractivity (Wildman–Crippen MR) is 52.1 cm³/mol. The number of hydrogen-bond acceptors (Lipinski definition) is 3. The van der Waals surface area contributed by atoms with Gasteiger partial charge in [-0.15, -0.1) is 0 Å². The summed E-state index contributed by atoms with van der Waals surface area (Å²) in [6, 6.07) is 2.49. The molecule has 1 aromatic rings. The highest BCUT2D eigenvalue weighted by Crippen LogP contribution is 2.18. The van der Waals surface area contributed by atoms with Crippen LogP contribution < -0.4 is 10.2 Å². The fraction of sp³-hybridized carbons (Fsp3) is 0.333. The molecule has 0 saturated carbocycles. The van der Waals surface area contributed by atoms with Crippen LogP contribution in [0.5, 0.6) is 5.75 Å². The van der Waals surface area contributed by atoms with Gasteiger partial charge in [0.05, 0.1) is 6.61 Å². The molecule has 5 heteroatoms. The maximum atomic E-state index is 13.1. The predicted octanol–water partition coefficient (Wildman–Crippen LogP) is 0.213. The summed E-state index contributed by atoms with van der Waals surface area (Å²) < 4.78 is 18.3. The third-order valence-electron chi connectivity index (χ3n) is 1.94. The average molecular weight is 198 g/mol. The summed E-state index contributed by atoms with van der Waals surface area (Å²) in [7, 11) is -1.64. The van der Waals surface area contributed by atoms with Gasteiger partial charge in [0.15, 0.2) is 0 Å². The Labute approximate surface area is 82.3 Å². The van der Waals surface area contributed by atoms with Gasteiger partial charge in [-0.1, -0.05) is 6.07 Å². The van der Waals surface area contributed by atoms with Crippen LogP contribution in [0.3, 0.4) is 0 Å². The molecule has 3 nitrogen and oxygen atoms in total. The zero-order valence-corrected chi connectivity index (χ0v) is 8.12. The Morgan fingerprint density at radius 2 is 2.07 bits per heavy atom. The van der Waals surface area contributed by atoms with Gasteiger partial charge >= 0.3 is 7.12 Å². The quantitative estimate of drug-likeness (QED) is 0.682. The molecule has 14 heavy (non-hydrogen) atoms. The highest BCUT2D eigenvalue weighted by atomic mass is 19.1. The van der Waals surface area contributed by atoms with Crippen LogP contribution >= 0.6 is 0 Å². The number of ether oxygens (including phenoxy) is 1. The fourth-order valence-corrected chi connectivity index (χ4v) is 1.23. The van der Waals surface area contributed by atoms with E-state index in [-0.39, 0.29) is 16.8 Å². The molecule has 1 aromatic carbocycles. The molecule has 0 unspecified atom stereocenters. The molecule has 0 amide bonds. The lowest BCUT2D eigenvalue weighted by molar-refractivity contribution is 0.335. The molecular weight excluding hydrogens is 186 g/mol. The first kappa shape index (κ1) is 11.0. The third kappa shape index (κ3) is 2.05. The molecule has 0 aliphatic carbocycles. The first-order chi connectivity index (χ1) is 6.57. The van der Waals surface area contributed by atoms with Crippen molar-refractivity contribution in [3.8, 4) is 5.75 Å². The van der Waals surface area contributed by atoms with Crippen LogP contribution in [0.15, 0.2) is 12.1 Å². The minimum Gasteiger partial charge on any atom is -0.494 e. The Balaban J connectivity index is 3.22. The van der Waals surface area contributed by atoms with Gasteiger partial charge in [0.2, 0.25) is 0 Å². The smallest absolute Gasteiger partial charge is 0.492 e. The van der Waals surface area contributed by atoms with Gasteiger partial charge in [-0.05, 0) is 19.9 Å². The van der Waals surface area contributed by atoms with Gasteiger partial charge in [-0.3, -0.25) is 0 Å². The summed E-state index contributed by atoms with van der Waals surface area (Å²) in [6.07, 6.45) is 0. The van der Waals surface area contributed by atoms with Crippen LogP contribution in [0, 0.1) is 12.7 Å². The van der Waals surface area contributed by atoms with Crippen molar-refractivity contribution in [3.63, 3.8) is 0 Å². The van der Waals surface area contributed by atoms with Gasteiger partial charge < -0.3 is 14.8 Å². The molecule has 2 N–H and O–H groups in total. The van der Waals surface area contributed by atoms with Gasteiger partial charge in [-0.25, -0.2) is 4.39 Å². The Hall–Kier alpha value is -1.07. The van der Waals surface area contributed by atoms with E-state index in [2.05, 4.69) is 0 Å². The molecule has 0 bridgehead atoms. The van der Waals surface area contributed by atoms with E-state index in [0.717, 1.165) is 0 Å². The fourth-order valence-electron chi connectivity index (χ4n) is 1.23. The van der Waals surface area contributed by atoms with Crippen LogP contribution in [-0.2, 0) is 0 Å². The molecule has 0 aromatic heterocycles. The Kier molecular flexibility index (Phi) is 3.49. The van der Waals surface area contributed by atoms with Crippen molar-refractivity contribution in [2.24, 2.45) is 0 Å². The van der Waals surface area contributed by atoms with Gasteiger partial charge in [0.1, 0.15) is 11.6 Å². The maximum absolute atomic E-state index is 13.1. The highest BCUT2D eigenvalue weighted by molar-refractivity contribution is 6.59. The molecular formula is C9H12BFO3. The van der Waals surface area contributed by atoms with Crippen LogP contribution in [-0.4, -0.2) is 23.8 Å². The highest BCUT2D eigenvalue weighted by Gasteiger charge is 2.20. The molecule has 0 fully saturated rings. The van der Waals surface area contributed by atoms with Crippen molar-refractivity contribution in [1.29, 1.82) is 0 Å². The summed E-state index contributed by atoms with van der Waals surface area (Å²) in [5.41, 5.74) is 0.475. The number of benzene rings is 1. The molecule has 0 aliphatic rings. The van der Waals surface area contributed by atoms with Crippen LogP contribution in [0.4, 0.5) is 4.39 Å². The third-order valence-corrected chi connectivity index (χ3v) is 1.94. The molecule has 0 spiro atoms. The summed E-state index contributed by atoms with van der Waals surface area (Å²) in [4.78, 5) is 0. The van der Waals surface area contributed by atoms with Crippen molar-refractivity contribution in [1.82, 2.24) is 0 Å². The Morgan fingerprint density at radius 3 is 2.57 bits per heavy atom. The van der Waals surface area contributed by atoms with Crippen molar-refractivity contribution in [3.05, 3.63) is 23.5 Å². The topological polar surface area (TPSA) is 49.7 Å². The van der Waals surface area contributed by atoms with Crippen LogP contribution in [0.1, 0.15) is 12.5 Å². The van der Waals surface area contributed by atoms with E-state index in [9.17, 15) is 4.39 Å². The van der Waals surface area contributed by atoms with E-state index in [4.69, 9.17) is 14.8 Å². The Bertz CT molecular complexity index is 328. The minimum absolute atomic E-state index is 0.186. The lowest BCUT2D eigenvalue weighted by Gasteiger charge is -2.12. The monoisotopic (exact) mass is 198 g/mol. The van der Waals surface area contributed by atoms with Gasteiger partial charge in [0.25, 0.3) is 0 Å². The molecule has 0 atom stereocenters. The van der Waals surface area contributed by atoms with E-state index in [1.165, 1.54) is 19.1 Å². The summed E-state index contributed by atoms with van der Waals surface area (Å²) in [5.74, 6) is -0.208. The van der Waals surface area contributed by atoms with Gasteiger partial charge in [-0.2, -0.15) is 0 Å². The van der Waals surface area contributed by atoms with Crippen LogP contribution in [0.25, 0.3) is 0 Å². The molecule has 0 heterocycles. The lowest BCUT2D eigenvalue weighted by atomic mass is 9.78. The number of hydrogen-bond donors (Lipinski definition) is 2. The normalized spacial score (nSPS) is 10.1. The molecule has 76 valence electrons. The minimum atomic E-state index is -1.64. The zero-order chi connectivity index (χ0) is 10.7. The maximum Gasteiger partial charge on any atom is 0.492 e. The van der Waals surface area contributed by atoms with E-state index < -0.39 is 12.9 Å². The second-order valence-electron chi connectivity index (χ2n) is 2.90. The molecule has 0 saturated heterocycles. The first-order valence-electron chi connectivity index (χ1n) is 4.35. The molecule has 1 rings (SSSR count). The second-order valence-corrected chi connectivity index (χ2v) is 2.90. The second kappa shape index (κ2) is 4.44. The SMILES string of the molecule is CCOc1c(B(O)O)ccc(F)c1C. The number of halogens is 1. The first-order valence-corrected chi connectivity index (χ1v) is 4.35. The van der Waals surface area contributed by atoms with E-state index in [0.29, 0.717) is 6.61 Å².